The summed E-state index contributed by atoms with van der Waals surface area (Å²) in [5.41, 5.74) is 10.5. The number of thiophene rings is 1. The number of nitrogens with two attached hydrogens (primary N) is 2. The highest BCUT2D eigenvalue weighted by atomic mass is 32.1. The summed E-state index contributed by atoms with van der Waals surface area (Å²) in [6.45, 7) is 0.391. The molecule has 0 spiro atoms. The summed E-state index contributed by atoms with van der Waals surface area (Å²) in [7, 11) is 0. The van der Waals surface area contributed by atoms with Gasteiger partial charge in [-0.05, 0) is 11.4 Å². The molecule has 0 aliphatic rings. The Morgan fingerprint density at radius 3 is 2.38 bits per heavy atom. The van der Waals surface area contributed by atoms with Crippen molar-refractivity contribution in [3.05, 3.63) is 22.4 Å². The van der Waals surface area contributed by atoms with Crippen LogP contribution in [-0.2, 0) is 6.54 Å². The van der Waals surface area contributed by atoms with Crippen LogP contribution in [0.4, 0.5) is 0 Å². The van der Waals surface area contributed by atoms with Crippen LogP contribution in [0.1, 0.15) is 4.88 Å². The van der Waals surface area contributed by atoms with Crippen LogP contribution in [0.25, 0.3) is 0 Å². The first-order valence-electron chi connectivity index (χ1n) is 3.59. The van der Waals surface area contributed by atoms with Gasteiger partial charge in [0, 0.05) is 4.88 Å². The Labute approximate surface area is 80.0 Å². The molecule has 0 fully saturated rings. The fourth-order valence-electron chi connectivity index (χ4n) is 0.858. The minimum atomic E-state index is -0.207. The molecule has 0 atom stereocenters. The van der Waals surface area contributed by atoms with E-state index in [1.807, 2.05) is 17.5 Å². The first kappa shape index (κ1) is 9.53. The third kappa shape index (κ3) is 2.45. The van der Waals surface area contributed by atoms with Crippen molar-refractivity contribution in [2.75, 3.05) is 0 Å². The maximum absolute atomic E-state index is 7.17. The van der Waals surface area contributed by atoms with E-state index in [2.05, 4.69) is 0 Å². The van der Waals surface area contributed by atoms with E-state index in [1.165, 1.54) is 16.2 Å². The number of guanidine groups is 2. The van der Waals surface area contributed by atoms with Crippen molar-refractivity contribution < 1.29 is 0 Å². The predicted octanol–water partition coefficient (Wildman–Crippen LogP) is 0.337. The van der Waals surface area contributed by atoms with Gasteiger partial charge in [-0.15, -0.1) is 11.3 Å². The minimum Gasteiger partial charge on any atom is -0.370 e. The molecular formula is C7H11N5S. The van der Waals surface area contributed by atoms with E-state index in [9.17, 15) is 0 Å². The van der Waals surface area contributed by atoms with E-state index in [0.29, 0.717) is 6.54 Å². The molecule has 70 valence electrons. The summed E-state index contributed by atoms with van der Waals surface area (Å²) in [5, 5.41) is 16.3. The topological polar surface area (TPSA) is 103 Å². The van der Waals surface area contributed by atoms with Gasteiger partial charge in [-0.1, -0.05) is 6.07 Å². The normalized spacial score (nSPS) is 9.54. The van der Waals surface area contributed by atoms with Gasteiger partial charge in [-0.2, -0.15) is 0 Å². The zero-order chi connectivity index (χ0) is 9.84. The zero-order valence-corrected chi connectivity index (χ0v) is 7.77. The second-order valence-corrected chi connectivity index (χ2v) is 3.47. The Balaban J connectivity index is 2.69. The molecule has 6 heteroatoms. The van der Waals surface area contributed by atoms with Crippen LogP contribution in [0.15, 0.2) is 17.5 Å². The average molecular weight is 197 g/mol. The van der Waals surface area contributed by atoms with Crippen LogP contribution in [0.5, 0.6) is 0 Å². The minimum absolute atomic E-state index is 0.207. The quantitative estimate of drug-likeness (QED) is 0.406. The van der Waals surface area contributed by atoms with Gasteiger partial charge in [0.25, 0.3) is 0 Å². The molecule has 6 N–H and O–H groups in total. The van der Waals surface area contributed by atoms with Gasteiger partial charge in [-0.3, -0.25) is 15.7 Å². The van der Waals surface area contributed by atoms with Crippen LogP contribution in [0, 0.1) is 10.8 Å². The number of nitrogens with one attached hydrogen (secondary N) is 2. The fourth-order valence-corrected chi connectivity index (χ4v) is 1.55. The smallest absolute Gasteiger partial charge is 0.195 e. The first-order valence-corrected chi connectivity index (χ1v) is 4.47. The lowest BCUT2D eigenvalue weighted by Crippen LogP contribution is -2.44. The second-order valence-electron chi connectivity index (χ2n) is 2.44. The molecule has 0 radical (unpaired) electrons. The lowest BCUT2D eigenvalue weighted by atomic mass is 10.4. The summed E-state index contributed by atoms with van der Waals surface area (Å²) in [6.07, 6.45) is 0. The van der Waals surface area contributed by atoms with E-state index in [4.69, 9.17) is 22.3 Å². The van der Waals surface area contributed by atoms with Crippen LogP contribution in [-0.4, -0.2) is 16.8 Å². The van der Waals surface area contributed by atoms with Crippen molar-refractivity contribution in [1.29, 1.82) is 10.8 Å². The van der Waals surface area contributed by atoms with Crippen molar-refractivity contribution in [1.82, 2.24) is 4.90 Å². The standard InChI is InChI=1S/C7H11N5S/c8-6(9)12(7(10)11)4-5-2-1-3-13-5/h1-3H,4H2,(H3,8,9)(H3,10,11). The largest absolute Gasteiger partial charge is 0.370 e. The van der Waals surface area contributed by atoms with Gasteiger partial charge in [-0.25, -0.2) is 0 Å². The summed E-state index contributed by atoms with van der Waals surface area (Å²) >= 11 is 1.54. The molecule has 0 unspecified atom stereocenters. The van der Waals surface area contributed by atoms with Crippen molar-refractivity contribution >= 4 is 23.3 Å². The molecule has 5 nitrogen and oxygen atoms in total. The molecule has 0 aliphatic heterocycles. The lowest BCUT2D eigenvalue weighted by molar-refractivity contribution is 0.588. The summed E-state index contributed by atoms with van der Waals surface area (Å²) in [4.78, 5) is 2.25. The van der Waals surface area contributed by atoms with E-state index >= 15 is 0 Å². The number of hydrogen-bond donors (Lipinski definition) is 4. The highest BCUT2D eigenvalue weighted by molar-refractivity contribution is 7.09. The van der Waals surface area contributed by atoms with E-state index in [1.54, 1.807) is 0 Å². The highest BCUT2D eigenvalue weighted by Crippen LogP contribution is 2.10. The molecule has 0 aromatic carbocycles. The fraction of sp³-hybridized carbons (Fsp3) is 0.143. The van der Waals surface area contributed by atoms with E-state index < -0.39 is 0 Å². The average Bonchev–Trinajstić information content (AvgIpc) is 2.50. The molecule has 1 heterocycles. The Morgan fingerprint density at radius 2 is 2.00 bits per heavy atom. The van der Waals surface area contributed by atoms with Gasteiger partial charge in [0.05, 0.1) is 6.54 Å². The molecule has 0 aliphatic carbocycles. The Morgan fingerprint density at radius 1 is 1.38 bits per heavy atom. The van der Waals surface area contributed by atoms with Crippen LogP contribution >= 0.6 is 11.3 Å². The maximum atomic E-state index is 7.17. The van der Waals surface area contributed by atoms with E-state index in [0.717, 1.165) is 4.88 Å². The van der Waals surface area contributed by atoms with Crippen molar-refractivity contribution in [3.63, 3.8) is 0 Å². The van der Waals surface area contributed by atoms with Crippen LogP contribution < -0.4 is 11.5 Å². The van der Waals surface area contributed by atoms with Gasteiger partial charge < -0.3 is 11.5 Å². The molecule has 13 heavy (non-hydrogen) atoms. The molecule has 0 bridgehead atoms. The Bertz CT molecular complexity index is 291. The second kappa shape index (κ2) is 3.90. The molecule has 1 aromatic heterocycles. The third-order valence-corrected chi connectivity index (χ3v) is 2.34. The Hall–Kier alpha value is -1.56. The van der Waals surface area contributed by atoms with Crippen molar-refractivity contribution in [3.8, 4) is 0 Å². The van der Waals surface area contributed by atoms with Crippen LogP contribution in [0.3, 0.4) is 0 Å². The Kier molecular flexibility index (Phi) is 2.86. The third-order valence-electron chi connectivity index (χ3n) is 1.48. The molecule has 0 saturated heterocycles. The zero-order valence-electron chi connectivity index (χ0n) is 6.95. The van der Waals surface area contributed by atoms with E-state index in [-0.39, 0.29) is 11.9 Å². The first-order chi connectivity index (χ1) is 6.11. The monoisotopic (exact) mass is 197 g/mol. The summed E-state index contributed by atoms with van der Waals surface area (Å²) < 4.78 is 0. The number of nitrogens with zero attached hydrogens (tertiary/aromatic N) is 1. The lowest BCUT2D eigenvalue weighted by Gasteiger charge is -2.18. The summed E-state index contributed by atoms with van der Waals surface area (Å²) in [6, 6.07) is 3.81. The molecule has 0 amide bonds. The van der Waals surface area contributed by atoms with Gasteiger partial charge in [0.15, 0.2) is 11.9 Å². The van der Waals surface area contributed by atoms with Crippen LogP contribution in [0.2, 0.25) is 0 Å². The van der Waals surface area contributed by atoms with Gasteiger partial charge in [0.1, 0.15) is 0 Å². The summed E-state index contributed by atoms with van der Waals surface area (Å²) in [5.74, 6) is -0.415. The number of rotatable bonds is 2. The SMILES string of the molecule is N=C(N)N(Cc1cccs1)C(=N)N. The van der Waals surface area contributed by atoms with Crippen molar-refractivity contribution in [2.24, 2.45) is 11.5 Å². The predicted molar refractivity (Wildman–Crippen MR) is 53.7 cm³/mol. The molecular weight excluding hydrogens is 186 g/mol. The maximum Gasteiger partial charge on any atom is 0.195 e. The van der Waals surface area contributed by atoms with Gasteiger partial charge in [0.2, 0.25) is 0 Å². The molecule has 1 rings (SSSR count). The number of hydrogen-bond acceptors (Lipinski definition) is 3. The molecule has 0 saturated carbocycles. The van der Waals surface area contributed by atoms with Crippen molar-refractivity contribution in [2.45, 2.75) is 6.54 Å². The highest BCUT2D eigenvalue weighted by Gasteiger charge is 2.10. The molecule has 1 aromatic rings. The van der Waals surface area contributed by atoms with Gasteiger partial charge >= 0.3 is 0 Å².